The van der Waals surface area contributed by atoms with Gasteiger partial charge in [-0.3, -0.25) is 4.90 Å². The molecule has 3 heterocycles. The van der Waals surface area contributed by atoms with Gasteiger partial charge in [0.25, 0.3) is 0 Å². The van der Waals surface area contributed by atoms with Gasteiger partial charge in [-0.05, 0) is 75.5 Å². The molecular formula is C16H26N4. The molecule has 2 fully saturated rings. The summed E-state index contributed by atoms with van der Waals surface area (Å²) in [6, 6.07) is 4.07. The second-order valence-corrected chi connectivity index (χ2v) is 6.32. The fraction of sp³-hybridized carbons (Fsp3) is 0.688. The van der Waals surface area contributed by atoms with E-state index in [1.165, 1.54) is 64.0 Å². The zero-order chi connectivity index (χ0) is 13.8. The number of hydrogen-bond acceptors (Lipinski definition) is 4. The molecule has 2 N–H and O–H groups in total. The summed E-state index contributed by atoms with van der Waals surface area (Å²) in [6.07, 6.45) is 7.31. The van der Waals surface area contributed by atoms with E-state index in [1.807, 2.05) is 12.3 Å². The predicted octanol–water partition coefficient (Wildman–Crippen LogP) is 1.97. The van der Waals surface area contributed by atoms with Crippen LogP contribution in [0.5, 0.6) is 0 Å². The Balaban J connectivity index is 1.43. The lowest BCUT2D eigenvalue weighted by Gasteiger charge is -2.33. The first-order chi connectivity index (χ1) is 9.79. The van der Waals surface area contributed by atoms with Gasteiger partial charge in [-0.1, -0.05) is 0 Å². The van der Waals surface area contributed by atoms with Crippen molar-refractivity contribution in [1.29, 1.82) is 0 Å². The van der Waals surface area contributed by atoms with Crippen LogP contribution in [0, 0.1) is 5.92 Å². The number of likely N-dealkylation sites (tertiary alicyclic amines) is 2. The number of nitrogens with two attached hydrogens (primary N) is 1. The summed E-state index contributed by atoms with van der Waals surface area (Å²) in [6.45, 7) is 7.45. The van der Waals surface area contributed by atoms with Gasteiger partial charge in [-0.2, -0.15) is 0 Å². The van der Waals surface area contributed by atoms with Crippen LogP contribution in [0.4, 0.5) is 5.82 Å². The minimum absolute atomic E-state index is 0.631. The molecule has 0 aliphatic carbocycles. The zero-order valence-electron chi connectivity index (χ0n) is 12.3. The lowest BCUT2D eigenvalue weighted by Crippen LogP contribution is -2.37. The number of piperidine rings is 1. The fourth-order valence-corrected chi connectivity index (χ4v) is 3.51. The van der Waals surface area contributed by atoms with Gasteiger partial charge >= 0.3 is 0 Å². The Morgan fingerprint density at radius 3 is 2.55 bits per heavy atom. The SMILES string of the molecule is Nc1cc(CN2CCC(CN3CCCC3)CC2)ccn1. The highest BCUT2D eigenvalue weighted by atomic mass is 15.2. The summed E-state index contributed by atoms with van der Waals surface area (Å²) in [5.41, 5.74) is 7.03. The van der Waals surface area contributed by atoms with E-state index < -0.39 is 0 Å². The molecule has 20 heavy (non-hydrogen) atoms. The highest BCUT2D eigenvalue weighted by Gasteiger charge is 2.22. The van der Waals surface area contributed by atoms with Crippen LogP contribution in [0.15, 0.2) is 18.3 Å². The Morgan fingerprint density at radius 1 is 1.10 bits per heavy atom. The molecule has 0 saturated carbocycles. The molecule has 3 rings (SSSR count). The normalized spacial score (nSPS) is 22.4. The van der Waals surface area contributed by atoms with E-state index in [9.17, 15) is 0 Å². The van der Waals surface area contributed by atoms with Crippen molar-refractivity contribution in [3.63, 3.8) is 0 Å². The van der Waals surface area contributed by atoms with Crippen molar-refractivity contribution < 1.29 is 0 Å². The molecule has 0 aromatic carbocycles. The van der Waals surface area contributed by atoms with Crippen molar-refractivity contribution in [2.45, 2.75) is 32.2 Å². The van der Waals surface area contributed by atoms with Gasteiger partial charge in [0.2, 0.25) is 0 Å². The van der Waals surface area contributed by atoms with E-state index in [-0.39, 0.29) is 0 Å². The van der Waals surface area contributed by atoms with Gasteiger partial charge < -0.3 is 10.6 Å². The zero-order valence-corrected chi connectivity index (χ0v) is 12.3. The minimum Gasteiger partial charge on any atom is -0.384 e. The molecule has 0 amide bonds. The number of hydrogen-bond donors (Lipinski definition) is 1. The van der Waals surface area contributed by atoms with Crippen LogP contribution in [0.1, 0.15) is 31.2 Å². The number of rotatable bonds is 4. The third-order valence-corrected chi connectivity index (χ3v) is 4.67. The van der Waals surface area contributed by atoms with E-state index in [2.05, 4.69) is 20.9 Å². The standard InChI is InChI=1S/C16H26N4/c17-16-11-15(3-6-18-16)13-20-9-4-14(5-10-20)12-19-7-1-2-8-19/h3,6,11,14H,1-2,4-5,7-10,12-13H2,(H2,17,18). The Morgan fingerprint density at radius 2 is 1.85 bits per heavy atom. The van der Waals surface area contributed by atoms with Crippen molar-refractivity contribution in [2.24, 2.45) is 5.92 Å². The molecule has 0 spiro atoms. The molecule has 4 nitrogen and oxygen atoms in total. The summed E-state index contributed by atoms with van der Waals surface area (Å²) in [5, 5.41) is 0. The molecule has 2 saturated heterocycles. The molecule has 2 aliphatic heterocycles. The maximum absolute atomic E-state index is 5.74. The summed E-state index contributed by atoms with van der Waals surface area (Å²) < 4.78 is 0. The van der Waals surface area contributed by atoms with E-state index in [0.717, 1.165) is 12.5 Å². The molecule has 0 unspecified atom stereocenters. The first kappa shape index (κ1) is 13.8. The smallest absolute Gasteiger partial charge is 0.123 e. The first-order valence-corrected chi connectivity index (χ1v) is 7.95. The molecule has 1 aromatic heterocycles. The third-order valence-electron chi connectivity index (χ3n) is 4.67. The largest absolute Gasteiger partial charge is 0.384 e. The van der Waals surface area contributed by atoms with Crippen molar-refractivity contribution in [3.8, 4) is 0 Å². The van der Waals surface area contributed by atoms with Gasteiger partial charge in [-0.25, -0.2) is 4.98 Å². The van der Waals surface area contributed by atoms with Gasteiger partial charge in [0.1, 0.15) is 5.82 Å². The number of nitrogen functional groups attached to an aromatic ring is 1. The van der Waals surface area contributed by atoms with E-state index in [1.54, 1.807) is 0 Å². The highest BCUT2D eigenvalue weighted by molar-refractivity contribution is 5.31. The van der Waals surface area contributed by atoms with Crippen LogP contribution in [0.2, 0.25) is 0 Å². The van der Waals surface area contributed by atoms with Crippen LogP contribution in [-0.2, 0) is 6.54 Å². The number of pyridine rings is 1. The molecule has 1 aromatic rings. The molecule has 2 aliphatic rings. The highest BCUT2D eigenvalue weighted by Crippen LogP contribution is 2.22. The second-order valence-electron chi connectivity index (χ2n) is 6.32. The lowest BCUT2D eigenvalue weighted by atomic mass is 9.96. The Labute approximate surface area is 122 Å². The molecular weight excluding hydrogens is 248 g/mol. The summed E-state index contributed by atoms with van der Waals surface area (Å²) in [4.78, 5) is 9.26. The number of anilines is 1. The van der Waals surface area contributed by atoms with Crippen molar-refractivity contribution in [1.82, 2.24) is 14.8 Å². The van der Waals surface area contributed by atoms with Crippen LogP contribution in [0.3, 0.4) is 0 Å². The topological polar surface area (TPSA) is 45.4 Å². The third kappa shape index (κ3) is 3.70. The summed E-state index contributed by atoms with van der Waals surface area (Å²) >= 11 is 0. The number of nitrogens with zero attached hydrogens (tertiary/aromatic N) is 3. The molecule has 110 valence electrons. The van der Waals surface area contributed by atoms with Crippen molar-refractivity contribution in [3.05, 3.63) is 23.9 Å². The van der Waals surface area contributed by atoms with Gasteiger partial charge in [0, 0.05) is 19.3 Å². The van der Waals surface area contributed by atoms with Gasteiger partial charge in [-0.15, -0.1) is 0 Å². The Bertz CT molecular complexity index is 420. The van der Waals surface area contributed by atoms with E-state index in [0.29, 0.717) is 5.82 Å². The molecule has 0 radical (unpaired) electrons. The van der Waals surface area contributed by atoms with Crippen LogP contribution >= 0.6 is 0 Å². The Kier molecular flexibility index (Phi) is 4.53. The van der Waals surface area contributed by atoms with Crippen molar-refractivity contribution in [2.75, 3.05) is 38.5 Å². The summed E-state index contributed by atoms with van der Waals surface area (Å²) in [5.74, 6) is 1.54. The lowest BCUT2D eigenvalue weighted by molar-refractivity contribution is 0.149. The maximum Gasteiger partial charge on any atom is 0.123 e. The first-order valence-electron chi connectivity index (χ1n) is 7.95. The van der Waals surface area contributed by atoms with Crippen molar-refractivity contribution >= 4 is 5.82 Å². The van der Waals surface area contributed by atoms with E-state index in [4.69, 9.17) is 5.73 Å². The summed E-state index contributed by atoms with van der Waals surface area (Å²) in [7, 11) is 0. The number of aromatic nitrogens is 1. The average Bonchev–Trinajstić information content (AvgIpc) is 2.94. The second kappa shape index (κ2) is 6.55. The quantitative estimate of drug-likeness (QED) is 0.912. The monoisotopic (exact) mass is 274 g/mol. The predicted molar refractivity (Wildman–Crippen MR) is 82.3 cm³/mol. The maximum atomic E-state index is 5.74. The molecule has 0 bridgehead atoms. The molecule has 0 atom stereocenters. The molecule has 4 heteroatoms. The average molecular weight is 274 g/mol. The van der Waals surface area contributed by atoms with Crippen LogP contribution in [0.25, 0.3) is 0 Å². The minimum atomic E-state index is 0.631. The fourth-order valence-electron chi connectivity index (χ4n) is 3.51. The van der Waals surface area contributed by atoms with Gasteiger partial charge in [0.15, 0.2) is 0 Å². The van der Waals surface area contributed by atoms with Gasteiger partial charge in [0.05, 0.1) is 0 Å². The van der Waals surface area contributed by atoms with Crippen LogP contribution in [-0.4, -0.2) is 47.5 Å². The van der Waals surface area contributed by atoms with Crippen LogP contribution < -0.4 is 5.73 Å². The Hall–Kier alpha value is -1.13. The van der Waals surface area contributed by atoms with E-state index >= 15 is 0 Å².